The smallest absolute Gasteiger partial charge is 0.229 e. The Bertz CT molecular complexity index is 1530. The summed E-state index contributed by atoms with van der Waals surface area (Å²) in [5.74, 6) is -0.122. The minimum atomic E-state index is -0.413. The Morgan fingerprint density at radius 1 is 1.08 bits per heavy atom. The number of hydrogen-bond acceptors (Lipinski definition) is 6. The fourth-order valence-corrected chi connectivity index (χ4v) is 4.57. The van der Waals surface area contributed by atoms with Gasteiger partial charge in [-0.1, -0.05) is 18.2 Å². The monoisotopic (exact) mass is 486 g/mol. The van der Waals surface area contributed by atoms with Crippen LogP contribution in [0.4, 0.5) is 27.4 Å². The van der Waals surface area contributed by atoms with Gasteiger partial charge in [-0.05, 0) is 39.2 Å². The van der Waals surface area contributed by atoms with E-state index in [-0.39, 0.29) is 5.69 Å². The molecular weight excluding hydrogens is 455 g/mol. The highest BCUT2D eigenvalue weighted by atomic mass is 19.1. The average Bonchev–Trinajstić information content (AvgIpc) is 3.46. The van der Waals surface area contributed by atoms with Crippen molar-refractivity contribution in [2.45, 2.75) is 6.92 Å². The quantitative estimate of drug-likeness (QED) is 0.268. The molecule has 0 saturated carbocycles. The summed E-state index contributed by atoms with van der Waals surface area (Å²) in [6.07, 6.45) is 3.89. The number of likely N-dealkylation sites (N-methyl/N-ethyl adjacent to an activating group) is 2. The fourth-order valence-electron chi connectivity index (χ4n) is 4.57. The molecule has 5 rings (SSSR count). The molecule has 0 fully saturated rings. The van der Waals surface area contributed by atoms with Crippen molar-refractivity contribution in [2.24, 2.45) is 7.05 Å². The lowest BCUT2D eigenvalue weighted by atomic mass is 10.1. The number of nitrogens with two attached hydrogens (primary N) is 1. The number of benzene rings is 2. The summed E-state index contributed by atoms with van der Waals surface area (Å²) >= 11 is 0. The van der Waals surface area contributed by atoms with Crippen molar-refractivity contribution < 1.29 is 4.39 Å². The van der Waals surface area contributed by atoms with Gasteiger partial charge < -0.3 is 30.4 Å². The number of nitrogens with zero attached hydrogens (tertiary/aromatic N) is 5. The van der Waals surface area contributed by atoms with Crippen molar-refractivity contribution in [2.75, 3.05) is 49.7 Å². The summed E-state index contributed by atoms with van der Waals surface area (Å²) in [5.41, 5.74) is 11.3. The number of anilines is 4. The highest BCUT2D eigenvalue weighted by Gasteiger charge is 2.18. The van der Waals surface area contributed by atoms with Crippen molar-refractivity contribution in [3.8, 4) is 11.3 Å². The van der Waals surface area contributed by atoms with Crippen LogP contribution in [-0.4, -0.2) is 58.1 Å². The number of halogens is 1. The van der Waals surface area contributed by atoms with Gasteiger partial charge in [0.25, 0.3) is 0 Å². The lowest BCUT2D eigenvalue weighted by Crippen LogP contribution is -2.32. The van der Waals surface area contributed by atoms with Crippen molar-refractivity contribution in [3.05, 3.63) is 60.7 Å². The first-order valence-electron chi connectivity index (χ1n) is 12.0. The predicted molar refractivity (Wildman–Crippen MR) is 146 cm³/mol. The average molecular weight is 487 g/mol. The second-order valence-corrected chi connectivity index (χ2v) is 9.21. The Morgan fingerprint density at radius 3 is 2.67 bits per heavy atom. The fraction of sp³-hybridized carbons (Fsp3) is 0.259. The van der Waals surface area contributed by atoms with Gasteiger partial charge in [0.15, 0.2) is 0 Å². The largest absolute Gasteiger partial charge is 0.397 e. The Balaban J connectivity index is 1.53. The zero-order chi connectivity index (χ0) is 25.4. The first-order valence-corrected chi connectivity index (χ1v) is 12.0. The van der Waals surface area contributed by atoms with Gasteiger partial charge in [0.2, 0.25) is 5.95 Å². The van der Waals surface area contributed by atoms with E-state index in [1.807, 2.05) is 52.5 Å². The molecule has 0 bridgehead atoms. The molecule has 0 aliphatic carbocycles. The summed E-state index contributed by atoms with van der Waals surface area (Å²) < 4.78 is 17.4. The molecule has 36 heavy (non-hydrogen) atoms. The third-order valence-corrected chi connectivity index (χ3v) is 6.47. The van der Waals surface area contributed by atoms with Gasteiger partial charge in [-0.25, -0.2) is 9.37 Å². The zero-order valence-electron chi connectivity index (χ0n) is 21.0. The van der Waals surface area contributed by atoms with Crippen molar-refractivity contribution >= 4 is 44.9 Å². The molecule has 0 aliphatic heterocycles. The summed E-state index contributed by atoms with van der Waals surface area (Å²) in [7, 11) is 6.04. The number of H-pyrrole nitrogens is 1. The number of aryl methyl sites for hydroxylation is 1. The zero-order valence-corrected chi connectivity index (χ0v) is 21.0. The van der Waals surface area contributed by atoms with E-state index >= 15 is 4.39 Å². The number of nitrogens with one attached hydrogen (secondary N) is 2. The van der Waals surface area contributed by atoms with E-state index in [4.69, 9.17) is 10.7 Å². The van der Waals surface area contributed by atoms with Crippen LogP contribution in [0.15, 0.2) is 54.9 Å². The van der Waals surface area contributed by atoms with E-state index in [1.165, 1.54) is 6.07 Å². The highest BCUT2D eigenvalue weighted by Crippen LogP contribution is 2.35. The SMILES string of the molecule is CCN(CCN(C)C)c1cc(F)c(Nc2nc(-c3cn(C)c4ccccc34)c3cc[nH]c3n2)cc1N. The van der Waals surface area contributed by atoms with E-state index < -0.39 is 5.82 Å². The highest BCUT2D eigenvalue weighted by molar-refractivity contribution is 6.02. The normalized spacial score (nSPS) is 11.6. The minimum Gasteiger partial charge on any atom is -0.397 e. The number of hydrogen-bond donors (Lipinski definition) is 3. The molecule has 0 amide bonds. The van der Waals surface area contributed by atoms with Crippen LogP contribution in [0, 0.1) is 5.82 Å². The van der Waals surface area contributed by atoms with Gasteiger partial charge >= 0.3 is 0 Å². The van der Waals surface area contributed by atoms with E-state index in [0.717, 1.165) is 47.2 Å². The molecule has 4 N–H and O–H groups in total. The topological polar surface area (TPSA) is 91.0 Å². The number of para-hydroxylation sites is 1. The van der Waals surface area contributed by atoms with Gasteiger partial charge in [-0.2, -0.15) is 4.98 Å². The first-order chi connectivity index (χ1) is 17.4. The molecule has 9 heteroatoms. The molecule has 186 valence electrons. The van der Waals surface area contributed by atoms with Crippen LogP contribution >= 0.6 is 0 Å². The van der Waals surface area contributed by atoms with E-state index in [1.54, 1.807) is 6.07 Å². The van der Waals surface area contributed by atoms with Crippen LogP contribution in [0.25, 0.3) is 33.2 Å². The molecule has 0 atom stereocenters. The number of nitrogen functional groups attached to an aromatic ring is 1. The van der Waals surface area contributed by atoms with Gasteiger partial charge in [0.1, 0.15) is 11.5 Å². The number of rotatable bonds is 8. The molecule has 8 nitrogen and oxygen atoms in total. The summed E-state index contributed by atoms with van der Waals surface area (Å²) in [6, 6.07) is 13.2. The molecule has 5 aromatic rings. The lowest BCUT2D eigenvalue weighted by Gasteiger charge is -2.26. The number of aromatic amines is 1. The van der Waals surface area contributed by atoms with Gasteiger partial charge in [0, 0.05) is 67.0 Å². The van der Waals surface area contributed by atoms with E-state index in [9.17, 15) is 0 Å². The van der Waals surface area contributed by atoms with Crippen LogP contribution < -0.4 is 16.0 Å². The van der Waals surface area contributed by atoms with Crippen LogP contribution in [0.2, 0.25) is 0 Å². The second-order valence-electron chi connectivity index (χ2n) is 9.21. The van der Waals surface area contributed by atoms with Crippen molar-refractivity contribution in [1.29, 1.82) is 0 Å². The Labute approximate surface area is 209 Å². The van der Waals surface area contributed by atoms with E-state index in [0.29, 0.717) is 23.0 Å². The molecule has 0 radical (unpaired) electrons. The summed E-state index contributed by atoms with van der Waals surface area (Å²) in [5, 5.41) is 5.05. The van der Waals surface area contributed by atoms with Crippen LogP contribution in [-0.2, 0) is 7.05 Å². The Hall–Kier alpha value is -4.11. The Kier molecular flexibility index (Phi) is 6.24. The molecule has 0 saturated heterocycles. The molecule has 2 aromatic carbocycles. The summed E-state index contributed by atoms with van der Waals surface area (Å²) in [4.78, 5) is 16.7. The standard InChI is InChI=1S/C27H31FN8/c1-5-36(13-12-34(2)3)24-14-20(28)22(15-21(24)29)31-27-32-25(18-10-11-30-26(18)33-27)19-16-35(4)23-9-7-6-8-17(19)23/h6-11,14-16H,5,12-13,29H2,1-4H3,(H2,30,31,32,33). The maximum atomic E-state index is 15.3. The van der Waals surface area contributed by atoms with Crippen LogP contribution in [0.5, 0.6) is 0 Å². The molecule has 3 heterocycles. The molecule has 0 unspecified atom stereocenters. The molecule has 0 spiro atoms. The second kappa shape index (κ2) is 9.50. The predicted octanol–water partition coefficient (Wildman–Crippen LogP) is 4.97. The lowest BCUT2D eigenvalue weighted by molar-refractivity contribution is 0.414. The Morgan fingerprint density at radius 2 is 1.89 bits per heavy atom. The van der Waals surface area contributed by atoms with Gasteiger partial charge in [-0.3, -0.25) is 0 Å². The summed E-state index contributed by atoms with van der Waals surface area (Å²) in [6.45, 7) is 4.36. The molecule has 3 aromatic heterocycles. The maximum absolute atomic E-state index is 15.3. The van der Waals surface area contributed by atoms with Gasteiger partial charge in [-0.15, -0.1) is 0 Å². The molecular formula is C27H31FN8. The number of aromatic nitrogens is 4. The number of fused-ring (bicyclic) bond motifs is 2. The third-order valence-electron chi connectivity index (χ3n) is 6.47. The van der Waals surface area contributed by atoms with Crippen molar-refractivity contribution in [1.82, 2.24) is 24.4 Å². The first kappa shape index (κ1) is 23.6. The third kappa shape index (κ3) is 4.33. The minimum absolute atomic E-state index is 0.231. The van der Waals surface area contributed by atoms with Crippen LogP contribution in [0.3, 0.4) is 0 Å². The van der Waals surface area contributed by atoms with Crippen molar-refractivity contribution in [3.63, 3.8) is 0 Å². The van der Waals surface area contributed by atoms with E-state index in [2.05, 4.69) is 48.0 Å². The van der Waals surface area contributed by atoms with Crippen LogP contribution in [0.1, 0.15) is 6.92 Å². The molecule has 0 aliphatic rings. The maximum Gasteiger partial charge on any atom is 0.229 e. The van der Waals surface area contributed by atoms with Gasteiger partial charge in [0.05, 0.1) is 22.8 Å².